The monoisotopic (exact) mass is 279 g/mol. The van der Waals surface area contributed by atoms with Crippen LogP contribution in [0.2, 0.25) is 0 Å². The lowest BCUT2D eigenvalue weighted by Crippen LogP contribution is -2.27. The summed E-state index contributed by atoms with van der Waals surface area (Å²) in [4.78, 5) is 15.9. The van der Waals surface area contributed by atoms with Crippen molar-refractivity contribution in [3.8, 4) is 0 Å². The fourth-order valence-corrected chi connectivity index (χ4v) is 2.14. The highest BCUT2D eigenvalue weighted by molar-refractivity contribution is 5.95. The first kappa shape index (κ1) is 14.6. The van der Waals surface area contributed by atoms with Gasteiger partial charge < -0.3 is 20.5 Å². The van der Waals surface area contributed by atoms with E-state index in [-0.39, 0.29) is 6.10 Å². The Morgan fingerprint density at radius 3 is 3.15 bits per heavy atom. The third-order valence-corrected chi connectivity index (χ3v) is 3.21. The molecular weight excluding hydrogens is 258 g/mol. The molecule has 20 heavy (non-hydrogen) atoms. The van der Waals surface area contributed by atoms with E-state index in [0.29, 0.717) is 30.2 Å². The molecule has 0 spiro atoms. The molecule has 6 heteroatoms. The number of nitrogen functional groups attached to an aromatic ring is 1. The number of carbonyl (C=O) groups excluding carboxylic acids is 1. The highest BCUT2D eigenvalue weighted by Gasteiger charge is 2.15. The van der Waals surface area contributed by atoms with Crippen LogP contribution in [0, 0.1) is 0 Å². The summed E-state index contributed by atoms with van der Waals surface area (Å²) in [6.07, 6.45) is 5.04. The molecule has 0 amide bonds. The summed E-state index contributed by atoms with van der Waals surface area (Å²) >= 11 is 0. The van der Waals surface area contributed by atoms with E-state index in [0.717, 1.165) is 19.4 Å². The van der Waals surface area contributed by atoms with Gasteiger partial charge in [-0.05, 0) is 32.3 Å². The van der Waals surface area contributed by atoms with E-state index in [4.69, 9.17) is 15.2 Å². The minimum Gasteiger partial charge on any atom is -0.462 e. The molecule has 1 fully saturated rings. The van der Waals surface area contributed by atoms with Crippen LogP contribution in [0.3, 0.4) is 0 Å². The number of hydrogen-bond acceptors (Lipinski definition) is 6. The molecule has 1 saturated heterocycles. The van der Waals surface area contributed by atoms with Gasteiger partial charge in [-0.2, -0.15) is 0 Å². The molecule has 1 aliphatic rings. The predicted molar refractivity (Wildman–Crippen MR) is 76.7 cm³/mol. The van der Waals surface area contributed by atoms with Crippen molar-refractivity contribution in [2.45, 2.75) is 32.3 Å². The summed E-state index contributed by atoms with van der Waals surface area (Å²) in [6.45, 7) is 3.57. The minimum absolute atomic E-state index is 0.203. The smallest absolute Gasteiger partial charge is 0.340 e. The van der Waals surface area contributed by atoms with Crippen molar-refractivity contribution in [3.63, 3.8) is 0 Å². The second kappa shape index (κ2) is 7.09. The molecule has 0 radical (unpaired) electrons. The number of pyridine rings is 1. The van der Waals surface area contributed by atoms with Crippen LogP contribution < -0.4 is 11.1 Å². The molecule has 0 aliphatic carbocycles. The van der Waals surface area contributed by atoms with Crippen LogP contribution in [0.15, 0.2) is 12.3 Å². The fraction of sp³-hybridized carbons (Fsp3) is 0.571. The third kappa shape index (κ3) is 3.84. The number of nitrogens with two attached hydrogens (primary N) is 1. The van der Waals surface area contributed by atoms with Gasteiger partial charge in [0.2, 0.25) is 0 Å². The lowest BCUT2D eigenvalue weighted by atomic mass is 10.1. The number of esters is 1. The van der Waals surface area contributed by atoms with E-state index in [9.17, 15) is 4.79 Å². The normalized spacial score (nSPS) is 18.6. The van der Waals surface area contributed by atoms with Crippen molar-refractivity contribution in [1.29, 1.82) is 0 Å². The second-order valence-corrected chi connectivity index (χ2v) is 4.75. The second-order valence-electron chi connectivity index (χ2n) is 4.75. The number of aromatic nitrogens is 1. The maximum absolute atomic E-state index is 11.7. The van der Waals surface area contributed by atoms with Gasteiger partial charge in [0.25, 0.3) is 0 Å². The Kier molecular flexibility index (Phi) is 5.17. The van der Waals surface area contributed by atoms with Crippen molar-refractivity contribution < 1.29 is 14.3 Å². The maximum atomic E-state index is 11.7. The molecule has 1 aromatic heterocycles. The minimum atomic E-state index is -0.427. The van der Waals surface area contributed by atoms with Crippen LogP contribution >= 0.6 is 0 Å². The van der Waals surface area contributed by atoms with E-state index in [1.165, 1.54) is 12.6 Å². The Hall–Kier alpha value is -1.82. The zero-order chi connectivity index (χ0) is 14.4. The maximum Gasteiger partial charge on any atom is 0.340 e. The quantitative estimate of drug-likeness (QED) is 0.800. The standard InChI is InChI=1S/C14H21N3O3/c1-2-19-14(18)11-7-13(17-9-12(11)15)16-8-10-5-3-4-6-20-10/h7,9-10H,2-6,8,15H2,1H3,(H,16,17). The van der Waals surface area contributed by atoms with Crippen LogP contribution in [0.4, 0.5) is 11.5 Å². The van der Waals surface area contributed by atoms with Gasteiger partial charge in [-0.1, -0.05) is 0 Å². The number of nitrogens with one attached hydrogen (secondary N) is 1. The first-order valence-electron chi connectivity index (χ1n) is 6.98. The molecule has 1 aliphatic heterocycles. The van der Waals surface area contributed by atoms with E-state index in [2.05, 4.69) is 10.3 Å². The van der Waals surface area contributed by atoms with Crippen molar-refractivity contribution >= 4 is 17.5 Å². The highest BCUT2D eigenvalue weighted by Crippen LogP contribution is 2.17. The number of rotatable bonds is 5. The van der Waals surface area contributed by atoms with Crippen LogP contribution in [0.25, 0.3) is 0 Å². The zero-order valence-electron chi connectivity index (χ0n) is 11.7. The van der Waals surface area contributed by atoms with Gasteiger partial charge in [0.1, 0.15) is 5.82 Å². The first-order valence-corrected chi connectivity index (χ1v) is 6.98. The van der Waals surface area contributed by atoms with Crippen LogP contribution in [-0.4, -0.2) is 36.8 Å². The number of nitrogens with zero attached hydrogens (tertiary/aromatic N) is 1. The Labute approximate surface area is 118 Å². The third-order valence-electron chi connectivity index (χ3n) is 3.21. The van der Waals surface area contributed by atoms with Gasteiger partial charge in [-0.25, -0.2) is 9.78 Å². The molecule has 0 aromatic carbocycles. The Morgan fingerprint density at radius 2 is 2.45 bits per heavy atom. The molecule has 0 bridgehead atoms. The first-order chi connectivity index (χ1) is 9.70. The molecule has 1 unspecified atom stereocenters. The van der Waals surface area contributed by atoms with Crippen molar-refractivity contribution in [1.82, 2.24) is 4.98 Å². The van der Waals surface area contributed by atoms with Crippen LogP contribution in [0.1, 0.15) is 36.5 Å². The lowest BCUT2D eigenvalue weighted by Gasteiger charge is -2.23. The molecule has 6 nitrogen and oxygen atoms in total. The van der Waals surface area contributed by atoms with Crippen LogP contribution in [-0.2, 0) is 9.47 Å². The lowest BCUT2D eigenvalue weighted by molar-refractivity contribution is 0.0247. The number of hydrogen-bond donors (Lipinski definition) is 2. The van der Waals surface area contributed by atoms with Crippen molar-refractivity contribution in [3.05, 3.63) is 17.8 Å². The zero-order valence-corrected chi connectivity index (χ0v) is 11.7. The molecule has 2 heterocycles. The van der Waals surface area contributed by atoms with Gasteiger partial charge >= 0.3 is 5.97 Å². The van der Waals surface area contributed by atoms with Crippen LogP contribution in [0.5, 0.6) is 0 Å². The molecule has 3 N–H and O–H groups in total. The summed E-state index contributed by atoms with van der Waals surface area (Å²) in [5.74, 6) is 0.181. The fourth-order valence-electron chi connectivity index (χ4n) is 2.14. The van der Waals surface area contributed by atoms with Crippen molar-refractivity contribution in [2.75, 3.05) is 30.8 Å². The number of ether oxygens (including phenoxy) is 2. The van der Waals surface area contributed by atoms with E-state index >= 15 is 0 Å². The highest BCUT2D eigenvalue weighted by atomic mass is 16.5. The average Bonchev–Trinajstić information content (AvgIpc) is 2.47. The molecule has 1 atom stereocenters. The SMILES string of the molecule is CCOC(=O)c1cc(NCC2CCCCO2)ncc1N. The average molecular weight is 279 g/mol. The van der Waals surface area contributed by atoms with Gasteiger partial charge in [0.15, 0.2) is 0 Å². The number of anilines is 2. The molecular formula is C14H21N3O3. The number of carbonyl (C=O) groups is 1. The van der Waals surface area contributed by atoms with E-state index in [1.807, 2.05) is 0 Å². The van der Waals surface area contributed by atoms with Gasteiger partial charge in [-0.15, -0.1) is 0 Å². The molecule has 1 aromatic rings. The predicted octanol–water partition coefficient (Wildman–Crippen LogP) is 1.82. The summed E-state index contributed by atoms with van der Waals surface area (Å²) < 4.78 is 10.6. The van der Waals surface area contributed by atoms with E-state index in [1.54, 1.807) is 13.0 Å². The Balaban J connectivity index is 1.97. The Bertz CT molecular complexity index is 459. The summed E-state index contributed by atoms with van der Waals surface area (Å²) in [5.41, 5.74) is 6.41. The molecule has 2 rings (SSSR count). The largest absolute Gasteiger partial charge is 0.462 e. The van der Waals surface area contributed by atoms with Gasteiger partial charge in [0.05, 0.1) is 30.2 Å². The van der Waals surface area contributed by atoms with Gasteiger partial charge in [-0.3, -0.25) is 0 Å². The summed E-state index contributed by atoms with van der Waals surface area (Å²) in [6, 6.07) is 1.62. The summed E-state index contributed by atoms with van der Waals surface area (Å²) in [5, 5.41) is 3.18. The van der Waals surface area contributed by atoms with Gasteiger partial charge in [0, 0.05) is 13.2 Å². The van der Waals surface area contributed by atoms with Crippen molar-refractivity contribution in [2.24, 2.45) is 0 Å². The molecule has 0 saturated carbocycles. The summed E-state index contributed by atoms with van der Waals surface area (Å²) in [7, 11) is 0. The Morgan fingerprint density at radius 1 is 1.60 bits per heavy atom. The topological polar surface area (TPSA) is 86.5 Å². The van der Waals surface area contributed by atoms with E-state index < -0.39 is 5.97 Å². The molecule has 110 valence electrons.